The normalized spacial score (nSPS) is 17.2. The van der Waals surface area contributed by atoms with E-state index in [-0.39, 0.29) is 25.5 Å². The first-order chi connectivity index (χ1) is 19.5. The number of rotatable bonds is 8. The molecule has 2 aromatic carbocycles. The Hall–Kier alpha value is -4.38. The molecule has 1 aromatic heterocycles. The molecular formula is C30H37N5O6. The minimum atomic E-state index is -1.16. The molecule has 0 saturated heterocycles. The molecular weight excluding hydrogens is 526 g/mol. The van der Waals surface area contributed by atoms with E-state index in [4.69, 9.17) is 9.47 Å². The lowest BCUT2D eigenvalue weighted by atomic mass is 9.94. The molecule has 3 amide bonds. The van der Waals surface area contributed by atoms with Crippen molar-refractivity contribution >= 4 is 34.8 Å². The fraction of sp³-hybridized carbons (Fsp3) is 0.400. The van der Waals surface area contributed by atoms with Crippen molar-refractivity contribution in [3.63, 3.8) is 0 Å². The minimum Gasteiger partial charge on any atom is -0.461 e. The molecule has 11 nitrogen and oxygen atoms in total. The molecule has 0 saturated carbocycles. The lowest BCUT2D eigenvalue weighted by Crippen LogP contribution is -2.57. The van der Waals surface area contributed by atoms with E-state index in [1.54, 1.807) is 20.8 Å². The summed E-state index contributed by atoms with van der Waals surface area (Å²) in [6.07, 6.45) is -0.597. The molecule has 11 heteroatoms. The molecule has 41 heavy (non-hydrogen) atoms. The molecule has 1 aliphatic rings. The number of carbonyl (C=O) groups excluding carboxylic acids is 4. The number of para-hydroxylation sites is 1. The van der Waals surface area contributed by atoms with Crippen molar-refractivity contribution in [1.29, 1.82) is 0 Å². The van der Waals surface area contributed by atoms with E-state index in [2.05, 4.69) is 26.5 Å². The molecule has 0 spiro atoms. The van der Waals surface area contributed by atoms with Crippen LogP contribution in [0.15, 0.2) is 54.6 Å². The van der Waals surface area contributed by atoms with Crippen LogP contribution in [0.5, 0.6) is 0 Å². The highest BCUT2D eigenvalue weighted by molar-refractivity contribution is 5.91. The van der Waals surface area contributed by atoms with Crippen LogP contribution in [0, 0.1) is 0 Å². The quantitative estimate of drug-likeness (QED) is 0.208. The number of H-pyrrole nitrogens is 1. The molecule has 0 aliphatic carbocycles. The van der Waals surface area contributed by atoms with Crippen molar-refractivity contribution in [2.24, 2.45) is 0 Å². The third-order valence-corrected chi connectivity index (χ3v) is 6.65. The molecule has 0 bridgehead atoms. The van der Waals surface area contributed by atoms with Crippen LogP contribution in [0.3, 0.4) is 0 Å². The maximum atomic E-state index is 13.0. The van der Waals surface area contributed by atoms with Gasteiger partial charge in [-0.15, -0.1) is 0 Å². The molecule has 3 aromatic rings. The van der Waals surface area contributed by atoms with Gasteiger partial charge in [-0.05, 0) is 57.7 Å². The number of hydrazine groups is 1. The molecule has 2 heterocycles. The van der Waals surface area contributed by atoms with Gasteiger partial charge in [-0.1, -0.05) is 48.5 Å². The summed E-state index contributed by atoms with van der Waals surface area (Å²) in [6.45, 7) is 7.14. The summed E-state index contributed by atoms with van der Waals surface area (Å²) < 4.78 is 10.6. The van der Waals surface area contributed by atoms with Crippen molar-refractivity contribution < 1.29 is 28.7 Å². The summed E-state index contributed by atoms with van der Waals surface area (Å²) >= 11 is 0. The number of hydrogen-bond acceptors (Lipinski definition) is 7. The van der Waals surface area contributed by atoms with Crippen LogP contribution < -0.4 is 21.5 Å². The first-order valence-electron chi connectivity index (χ1n) is 13.6. The van der Waals surface area contributed by atoms with Gasteiger partial charge < -0.3 is 19.8 Å². The minimum absolute atomic E-state index is 0.0635. The summed E-state index contributed by atoms with van der Waals surface area (Å²) in [4.78, 5) is 54.3. The van der Waals surface area contributed by atoms with Gasteiger partial charge in [-0.3, -0.25) is 30.6 Å². The lowest BCUT2D eigenvalue weighted by Gasteiger charge is -2.29. The Labute approximate surface area is 238 Å². The Morgan fingerprint density at radius 2 is 1.71 bits per heavy atom. The molecule has 0 unspecified atom stereocenters. The van der Waals surface area contributed by atoms with Gasteiger partial charge in [0.15, 0.2) is 0 Å². The molecule has 0 radical (unpaired) electrons. The number of carbonyl (C=O) groups is 4. The number of esters is 1. The van der Waals surface area contributed by atoms with E-state index in [0.29, 0.717) is 6.42 Å². The van der Waals surface area contributed by atoms with Crippen LogP contribution in [0.2, 0.25) is 0 Å². The summed E-state index contributed by atoms with van der Waals surface area (Å²) in [5.41, 5.74) is 7.97. The van der Waals surface area contributed by atoms with Gasteiger partial charge in [0.1, 0.15) is 18.2 Å². The van der Waals surface area contributed by atoms with Crippen molar-refractivity contribution in [1.82, 2.24) is 26.5 Å². The smallest absolute Gasteiger partial charge is 0.408 e. The molecule has 3 atom stereocenters. The number of ether oxygens (including phenoxy) is 2. The number of hydrogen-bond donors (Lipinski definition) is 5. The number of nitrogens with one attached hydrogen (secondary N) is 5. The van der Waals surface area contributed by atoms with Crippen LogP contribution in [0.25, 0.3) is 10.9 Å². The van der Waals surface area contributed by atoms with E-state index in [1.807, 2.05) is 61.5 Å². The van der Waals surface area contributed by atoms with Gasteiger partial charge in [0, 0.05) is 29.1 Å². The Kier molecular flexibility index (Phi) is 9.28. The van der Waals surface area contributed by atoms with Gasteiger partial charge in [-0.2, -0.15) is 0 Å². The van der Waals surface area contributed by atoms with Crippen molar-refractivity contribution in [3.05, 3.63) is 71.4 Å². The fourth-order valence-corrected chi connectivity index (χ4v) is 4.72. The SMILES string of the molecule is C[C@@H]1N[C@H](C(=O)NNC(=O)[C@H](CCC(=O)OCc2ccccc2)NC(=O)OC(C)(C)C)Cc2c1[nH]c1ccccc21. The lowest BCUT2D eigenvalue weighted by molar-refractivity contribution is -0.145. The van der Waals surface area contributed by atoms with Gasteiger partial charge in [0.25, 0.3) is 11.8 Å². The van der Waals surface area contributed by atoms with Gasteiger partial charge in [-0.25, -0.2) is 4.79 Å². The van der Waals surface area contributed by atoms with Crippen LogP contribution in [0.1, 0.15) is 63.4 Å². The summed E-state index contributed by atoms with van der Waals surface area (Å²) in [5.74, 6) is -1.66. The predicted molar refractivity (Wildman–Crippen MR) is 152 cm³/mol. The van der Waals surface area contributed by atoms with Crippen LogP contribution in [0.4, 0.5) is 4.79 Å². The van der Waals surface area contributed by atoms with Crippen molar-refractivity contribution in [3.8, 4) is 0 Å². The molecule has 4 rings (SSSR count). The average molecular weight is 564 g/mol. The zero-order valence-electron chi connectivity index (χ0n) is 23.7. The second kappa shape index (κ2) is 12.9. The molecule has 5 N–H and O–H groups in total. The standard InChI is InChI=1S/C30H37N5O6/c1-18-26-21(20-12-8-9-13-22(20)32-26)16-24(31-18)28(38)35-34-27(37)23(33-29(39)41-30(2,3)4)14-15-25(36)40-17-19-10-6-5-7-11-19/h5-13,18,23-24,31-32H,14-17H2,1-4H3,(H,33,39)(H,34,37)(H,35,38)/t18-,23-,24-/m0/s1. The second-order valence-corrected chi connectivity index (χ2v) is 11.1. The number of fused-ring (bicyclic) bond motifs is 3. The largest absolute Gasteiger partial charge is 0.461 e. The third-order valence-electron chi connectivity index (χ3n) is 6.65. The maximum Gasteiger partial charge on any atom is 0.408 e. The van der Waals surface area contributed by atoms with E-state index < -0.39 is 41.6 Å². The Morgan fingerprint density at radius 1 is 1.00 bits per heavy atom. The monoisotopic (exact) mass is 563 g/mol. The number of alkyl carbamates (subject to hydrolysis) is 1. The fourth-order valence-electron chi connectivity index (χ4n) is 4.72. The van der Waals surface area contributed by atoms with Crippen LogP contribution in [-0.4, -0.2) is 46.5 Å². The Bertz CT molecular complexity index is 1400. The van der Waals surface area contributed by atoms with Crippen LogP contribution in [-0.2, 0) is 36.9 Å². The topological polar surface area (TPSA) is 151 Å². The second-order valence-electron chi connectivity index (χ2n) is 11.1. The Morgan fingerprint density at radius 3 is 2.44 bits per heavy atom. The van der Waals surface area contributed by atoms with E-state index in [0.717, 1.165) is 27.7 Å². The summed E-state index contributed by atoms with van der Waals surface area (Å²) in [6, 6.07) is 15.2. The number of amides is 3. The highest BCUT2D eigenvalue weighted by Gasteiger charge is 2.32. The average Bonchev–Trinajstić information content (AvgIpc) is 3.31. The molecule has 218 valence electrons. The first kappa shape index (κ1) is 29.6. The predicted octanol–water partition coefficient (Wildman–Crippen LogP) is 3.31. The van der Waals surface area contributed by atoms with Gasteiger partial charge in [0.05, 0.1) is 6.04 Å². The van der Waals surface area contributed by atoms with Gasteiger partial charge in [0.2, 0.25) is 0 Å². The van der Waals surface area contributed by atoms with Crippen LogP contribution >= 0.6 is 0 Å². The molecule has 1 aliphatic heterocycles. The highest BCUT2D eigenvalue weighted by atomic mass is 16.6. The van der Waals surface area contributed by atoms with E-state index in [9.17, 15) is 19.2 Å². The number of benzene rings is 2. The third kappa shape index (κ3) is 8.07. The summed E-state index contributed by atoms with van der Waals surface area (Å²) in [7, 11) is 0. The van der Waals surface area contributed by atoms with E-state index in [1.165, 1.54) is 0 Å². The number of aromatic amines is 1. The van der Waals surface area contributed by atoms with Crippen molar-refractivity contribution in [2.45, 2.75) is 77.3 Å². The zero-order valence-corrected chi connectivity index (χ0v) is 23.7. The summed E-state index contributed by atoms with van der Waals surface area (Å²) in [5, 5.41) is 6.81. The van der Waals surface area contributed by atoms with E-state index >= 15 is 0 Å². The first-order valence-corrected chi connectivity index (χ1v) is 13.6. The number of aromatic nitrogens is 1. The highest BCUT2D eigenvalue weighted by Crippen LogP contribution is 2.31. The Balaban J connectivity index is 1.35. The maximum absolute atomic E-state index is 13.0. The van der Waals surface area contributed by atoms with Crippen molar-refractivity contribution in [2.75, 3.05) is 0 Å². The van der Waals surface area contributed by atoms with Gasteiger partial charge >= 0.3 is 12.1 Å². The zero-order chi connectivity index (χ0) is 29.6. The molecule has 0 fully saturated rings.